The molecular weight excluding hydrogens is 210 g/mol. The molecule has 1 aromatic rings. The van der Waals surface area contributed by atoms with Crippen LogP contribution in [-0.2, 0) is 6.42 Å². The summed E-state index contributed by atoms with van der Waals surface area (Å²) in [6.45, 7) is 3.31. The first-order chi connectivity index (χ1) is 8.24. The molecule has 0 saturated heterocycles. The Morgan fingerprint density at radius 3 is 2.76 bits per heavy atom. The van der Waals surface area contributed by atoms with Gasteiger partial charge >= 0.3 is 0 Å². The van der Waals surface area contributed by atoms with Crippen molar-refractivity contribution in [2.75, 3.05) is 13.6 Å². The van der Waals surface area contributed by atoms with Gasteiger partial charge in [0.05, 0.1) is 6.10 Å². The Kier molecular flexibility index (Phi) is 4.19. The minimum Gasteiger partial charge on any atom is -0.387 e. The molecule has 0 aromatic heterocycles. The molecule has 2 rings (SSSR count). The number of fused-ring (bicyclic) bond motifs is 1. The van der Waals surface area contributed by atoms with Gasteiger partial charge in [-0.05, 0) is 37.6 Å². The van der Waals surface area contributed by atoms with E-state index >= 15 is 0 Å². The predicted molar refractivity (Wildman–Crippen MR) is 71.0 cm³/mol. The fraction of sp³-hybridized carbons (Fsp3) is 0.600. The number of benzene rings is 1. The highest BCUT2D eigenvalue weighted by molar-refractivity contribution is 5.35. The number of hydrogen-bond donors (Lipinski definition) is 1. The van der Waals surface area contributed by atoms with Gasteiger partial charge in [-0.25, -0.2) is 0 Å². The van der Waals surface area contributed by atoms with E-state index in [2.05, 4.69) is 37.1 Å². The Balaban J connectivity index is 1.97. The Morgan fingerprint density at radius 2 is 2.06 bits per heavy atom. The molecule has 0 spiro atoms. The second-order valence-corrected chi connectivity index (χ2v) is 5.10. The molecule has 17 heavy (non-hydrogen) atoms. The number of likely N-dealkylation sites (N-methyl/N-ethyl adjacent to an activating group) is 1. The third kappa shape index (κ3) is 2.70. The van der Waals surface area contributed by atoms with Crippen LogP contribution in [0.2, 0.25) is 0 Å². The molecule has 0 heterocycles. The van der Waals surface area contributed by atoms with Crippen molar-refractivity contribution < 1.29 is 5.11 Å². The van der Waals surface area contributed by atoms with E-state index in [1.54, 1.807) is 0 Å². The highest BCUT2D eigenvalue weighted by Crippen LogP contribution is 2.33. The van der Waals surface area contributed by atoms with Crippen molar-refractivity contribution in [2.24, 2.45) is 0 Å². The normalized spacial score (nSPS) is 23.1. The van der Waals surface area contributed by atoms with Crippen LogP contribution in [0.1, 0.15) is 43.4 Å². The van der Waals surface area contributed by atoms with E-state index in [0.717, 1.165) is 18.5 Å². The molecule has 1 aliphatic carbocycles. The Bertz CT molecular complexity index is 364. The third-order valence-electron chi connectivity index (χ3n) is 3.85. The lowest BCUT2D eigenvalue weighted by molar-refractivity contribution is 0.0751. The molecule has 94 valence electrons. The van der Waals surface area contributed by atoms with Gasteiger partial charge in [-0.2, -0.15) is 0 Å². The van der Waals surface area contributed by atoms with E-state index < -0.39 is 0 Å². The first-order valence-corrected chi connectivity index (χ1v) is 6.70. The summed E-state index contributed by atoms with van der Waals surface area (Å²) >= 11 is 0. The molecule has 1 aromatic carbocycles. The first-order valence-electron chi connectivity index (χ1n) is 6.70. The lowest BCUT2D eigenvalue weighted by atomic mass is 10.1. The van der Waals surface area contributed by atoms with Crippen molar-refractivity contribution in [3.8, 4) is 0 Å². The van der Waals surface area contributed by atoms with Gasteiger partial charge in [0.1, 0.15) is 0 Å². The molecule has 1 aliphatic rings. The summed E-state index contributed by atoms with van der Waals surface area (Å²) in [5.41, 5.74) is 2.44. The Morgan fingerprint density at radius 1 is 1.29 bits per heavy atom. The summed E-state index contributed by atoms with van der Waals surface area (Å²) < 4.78 is 0. The fourth-order valence-electron chi connectivity index (χ4n) is 2.73. The van der Waals surface area contributed by atoms with Crippen molar-refractivity contribution >= 4 is 0 Å². The summed E-state index contributed by atoms with van der Waals surface area (Å²) in [6.07, 6.45) is 4.44. The number of rotatable bonds is 5. The quantitative estimate of drug-likeness (QED) is 0.791. The first kappa shape index (κ1) is 12.6. The van der Waals surface area contributed by atoms with Crippen LogP contribution < -0.4 is 0 Å². The van der Waals surface area contributed by atoms with E-state index in [1.807, 2.05) is 6.07 Å². The SMILES string of the molecule is CCCCCN(C)C1Cc2ccccc2C1O. The zero-order valence-electron chi connectivity index (χ0n) is 10.9. The van der Waals surface area contributed by atoms with Gasteiger partial charge in [-0.1, -0.05) is 44.0 Å². The van der Waals surface area contributed by atoms with Crippen molar-refractivity contribution in [3.63, 3.8) is 0 Å². The molecule has 2 atom stereocenters. The molecule has 0 bridgehead atoms. The van der Waals surface area contributed by atoms with E-state index in [0.29, 0.717) is 0 Å². The number of unbranched alkanes of at least 4 members (excludes halogenated alkanes) is 2. The zero-order chi connectivity index (χ0) is 12.3. The summed E-state index contributed by atoms with van der Waals surface area (Å²) in [4.78, 5) is 2.32. The lowest BCUT2D eigenvalue weighted by Gasteiger charge is -2.27. The van der Waals surface area contributed by atoms with Crippen molar-refractivity contribution in [1.82, 2.24) is 4.90 Å². The summed E-state index contributed by atoms with van der Waals surface area (Å²) in [5, 5.41) is 10.3. The largest absolute Gasteiger partial charge is 0.387 e. The van der Waals surface area contributed by atoms with Gasteiger partial charge in [0.2, 0.25) is 0 Å². The summed E-state index contributed by atoms with van der Waals surface area (Å²) in [7, 11) is 2.13. The van der Waals surface area contributed by atoms with Gasteiger partial charge < -0.3 is 10.0 Å². The molecular formula is C15H23NO. The Hall–Kier alpha value is -0.860. The van der Waals surface area contributed by atoms with Crippen molar-refractivity contribution in [3.05, 3.63) is 35.4 Å². The standard InChI is InChI=1S/C15H23NO/c1-3-4-7-10-16(2)14-11-12-8-5-6-9-13(12)15(14)17/h5-6,8-9,14-15,17H,3-4,7,10-11H2,1-2H3. The maximum atomic E-state index is 10.3. The molecule has 2 nitrogen and oxygen atoms in total. The van der Waals surface area contributed by atoms with Gasteiger partial charge in [0.25, 0.3) is 0 Å². The molecule has 2 unspecified atom stereocenters. The van der Waals surface area contributed by atoms with E-state index in [-0.39, 0.29) is 12.1 Å². The van der Waals surface area contributed by atoms with Crippen LogP contribution in [0.3, 0.4) is 0 Å². The van der Waals surface area contributed by atoms with Crippen LogP contribution in [0.5, 0.6) is 0 Å². The number of aliphatic hydroxyl groups excluding tert-OH is 1. The van der Waals surface area contributed by atoms with Gasteiger partial charge in [0.15, 0.2) is 0 Å². The van der Waals surface area contributed by atoms with Crippen LogP contribution >= 0.6 is 0 Å². The van der Waals surface area contributed by atoms with Gasteiger partial charge in [0, 0.05) is 6.04 Å². The summed E-state index contributed by atoms with van der Waals surface area (Å²) in [6, 6.07) is 8.54. The molecule has 2 heteroatoms. The third-order valence-corrected chi connectivity index (χ3v) is 3.85. The van der Waals surface area contributed by atoms with Crippen LogP contribution in [0, 0.1) is 0 Å². The fourth-order valence-corrected chi connectivity index (χ4v) is 2.73. The number of nitrogens with zero attached hydrogens (tertiary/aromatic N) is 1. The van der Waals surface area contributed by atoms with Crippen LogP contribution in [0.15, 0.2) is 24.3 Å². The smallest absolute Gasteiger partial charge is 0.0950 e. The highest BCUT2D eigenvalue weighted by atomic mass is 16.3. The van der Waals surface area contributed by atoms with Gasteiger partial charge in [-0.15, -0.1) is 0 Å². The maximum Gasteiger partial charge on any atom is 0.0950 e. The van der Waals surface area contributed by atoms with E-state index in [9.17, 15) is 5.11 Å². The highest BCUT2D eigenvalue weighted by Gasteiger charge is 2.32. The number of aliphatic hydroxyl groups is 1. The van der Waals surface area contributed by atoms with Crippen LogP contribution in [0.4, 0.5) is 0 Å². The van der Waals surface area contributed by atoms with Crippen molar-refractivity contribution in [1.29, 1.82) is 0 Å². The molecule has 0 aliphatic heterocycles. The molecule has 0 radical (unpaired) electrons. The lowest BCUT2D eigenvalue weighted by Crippen LogP contribution is -2.35. The minimum absolute atomic E-state index is 0.268. The Labute approximate surface area is 104 Å². The van der Waals surface area contributed by atoms with Crippen LogP contribution in [0.25, 0.3) is 0 Å². The van der Waals surface area contributed by atoms with Crippen molar-refractivity contribution in [2.45, 2.75) is 44.8 Å². The second-order valence-electron chi connectivity index (χ2n) is 5.10. The molecule has 0 fully saturated rings. The second kappa shape index (κ2) is 5.65. The maximum absolute atomic E-state index is 10.3. The van der Waals surface area contributed by atoms with Gasteiger partial charge in [-0.3, -0.25) is 0 Å². The molecule has 1 N–H and O–H groups in total. The van der Waals surface area contributed by atoms with E-state index in [1.165, 1.54) is 24.8 Å². The average molecular weight is 233 g/mol. The predicted octanol–water partition coefficient (Wildman–Crippen LogP) is 2.77. The van der Waals surface area contributed by atoms with Crippen LogP contribution in [-0.4, -0.2) is 29.6 Å². The zero-order valence-corrected chi connectivity index (χ0v) is 10.9. The number of hydrogen-bond acceptors (Lipinski definition) is 2. The summed E-state index contributed by atoms with van der Waals surface area (Å²) in [5.74, 6) is 0. The molecule has 0 saturated carbocycles. The topological polar surface area (TPSA) is 23.5 Å². The minimum atomic E-state index is -0.308. The molecule has 0 amide bonds. The monoisotopic (exact) mass is 233 g/mol. The van der Waals surface area contributed by atoms with E-state index in [4.69, 9.17) is 0 Å². The average Bonchev–Trinajstić information content (AvgIpc) is 2.68.